The first-order valence-electron chi connectivity index (χ1n) is 10.5. The molecule has 4 rings (SSSR count). The molecule has 150 valence electrons. The number of aromatic nitrogens is 2. The van der Waals surface area contributed by atoms with Gasteiger partial charge in [-0.3, -0.25) is 9.89 Å². The maximum Gasteiger partial charge on any atom is 0.225 e. The van der Waals surface area contributed by atoms with Crippen molar-refractivity contribution in [1.82, 2.24) is 15.1 Å². The van der Waals surface area contributed by atoms with E-state index in [0.717, 1.165) is 45.2 Å². The molecule has 2 aliphatic heterocycles. The lowest BCUT2D eigenvalue weighted by molar-refractivity contribution is -0.146. The normalized spacial score (nSPS) is 22.9. The van der Waals surface area contributed by atoms with Crippen molar-refractivity contribution < 1.29 is 9.53 Å². The Bertz CT molecular complexity index is 791. The summed E-state index contributed by atoms with van der Waals surface area (Å²) in [6, 6.07) is 10.5. The van der Waals surface area contributed by atoms with Crippen molar-refractivity contribution in [3.05, 3.63) is 53.3 Å². The van der Waals surface area contributed by atoms with Crippen LogP contribution in [0.25, 0.3) is 0 Å². The van der Waals surface area contributed by atoms with E-state index >= 15 is 0 Å². The van der Waals surface area contributed by atoms with Crippen molar-refractivity contribution in [1.29, 1.82) is 0 Å². The molecular formula is C23H31N3O2. The van der Waals surface area contributed by atoms with Crippen molar-refractivity contribution in [2.75, 3.05) is 19.7 Å². The second kappa shape index (κ2) is 8.08. The minimum absolute atomic E-state index is 0.112. The van der Waals surface area contributed by atoms with Crippen LogP contribution < -0.4 is 0 Å². The van der Waals surface area contributed by atoms with Gasteiger partial charge in [-0.15, -0.1) is 0 Å². The minimum Gasteiger partial charge on any atom is -0.376 e. The molecule has 0 spiro atoms. The number of likely N-dealkylation sites (tertiary alicyclic amines) is 1. The van der Waals surface area contributed by atoms with Crippen molar-refractivity contribution in [2.24, 2.45) is 5.92 Å². The summed E-state index contributed by atoms with van der Waals surface area (Å²) in [5, 5.41) is 7.56. The van der Waals surface area contributed by atoms with Crippen molar-refractivity contribution in [2.45, 2.75) is 57.5 Å². The summed E-state index contributed by atoms with van der Waals surface area (Å²) in [6.07, 6.45) is 6.55. The molecule has 1 aromatic carbocycles. The molecule has 2 fully saturated rings. The maximum absolute atomic E-state index is 13.0. The number of amides is 1. The summed E-state index contributed by atoms with van der Waals surface area (Å²) < 4.78 is 5.78. The molecule has 2 aliphatic rings. The van der Waals surface area contributed by atoms with Gasteiger partial charge in [0.05, 0.1) is 11.8 Å². The highest BCUT2D eigenvalue weighted by Crippen LogP contribution is 2.33. The van der Waals surface area contributed by atoms with Crippen molar-refractivity contribution >= 4 is 5.91 Å². The Hall–Kier alpha value is -2.14. The van der Waals surface area contributed by atoms with Crippen LogP contribution in [0.2, 0.25) is 0 Å². The molecule has 0 saturated carbocycles. The van der Waals surface area contributed by atoms with Gasteiger partial charge in [-0.05, 0) is 50.7 Å². The molecule has 5 heteroatoms. The van der Waals surface area contributed by atoms with E-state index in [4.69, 9.17) is 4.74 Å². The third kappa shape index (κ3) is 4.30. The molecule has 2 saturated heterocycles. The third-order valence-corrected chi connectivity index (χ3v) is 6.25. The average Bonchev–Trinajstić information content (AvgIpc) is 3.15. The van der Waals surface area contributed by atoms with Crippen molar-refractivity contribution in [3.63, 3.8) is 0 Å². The van der Waals surface area contributed by atoms with Gasteiger partial charge in [0, 0.05) is 43.6 Å². The highest BCUT2D eigenvalue weighted by molar-refractivity contribution is 5.79. The second-order valence-electron chi connectivity index (χ2n) is 8.87. The summed E-state index contributed by atoms with van der Waals surface area (Å²) >= 11 is 0. The number of ether oxygens (including phenoxy) is 1. The van der Waals surface area contributed by atoms with Crippen LogP contribution in [0.15, 0.2) is 36.5 Å². The molecule has 3 heterocycles. The maximum atomic E-state index is 13.0. The number of H-pyrrole nitrogens is 1. The molecule has 28 heavy (non-hydrogen) atoms. The number of benzene rings is 1. The van der Waals surface area contributed by atoms with Gasteiger partial charge in [-0.2, -0.15) is 5.10 Å². The number of hydrogen-bond donors (Lipinski definition) is 1. The fourth-order valence-corrected chi connectivity index (χ4v) is 4.72. The first-order chi connectivity index (χ1) is 13.5. The van der Waals surface area contributed by atoms with E-state index in [9.17, 15) is 4.79 Å². The van der Waals surface area contributed by atoms with Gasteiger partial charge < -0.3 is 9.64 Å². The van der Waals surface area contributed by atoms with Crippen molar-refractivity contribution in [3.8, 4) is 0 Å². The largest absolute Gasteiger partial charge is 0.376 e. The van der Waals surface area contributed by atoms with Gasteiger partial charge in [0.2, 0.25) is 5.91 Å². The highest BCUT2D eigenvalue weighted by Gasteiger charge is 2.36. The Morgan fingerprint density at radius 1 is 1.21 bits per heavy atom. The number of carbonyl (C=O) groups is 1. The second-order valence-corrected chi connectivity index (χ2v) is 8.87. The molecule has 1 amide bonds. The number of rotatable bonds is 4. The van der Waals surface area contributed by atoms with Crippen LogP contribution >= 0.6 is 0 Å². The monoisotopic (exact) mass is 381 g/mol. The quantitative estimate of drug-likeness (QED) is 0.873. The van der Waals surface area contributed by atoms with Gasteiger partial charge in [0.15, 0.2) is 0 Å². The summed E-state index contributed by atoms with van der Waals surface area (Å²) in [6.45, 7) is 6.55. The molecular weight excluding hydrogens is 350 g/mol. The van der Waals surface area contributed by atoms with E-state index in [2.05, 4.69) is 53.2 Å². The Morgan fingerprint density at radius 2 is 1.96 bits per heavy atom. The molecule has 0 bridgehead atoms. The van der Waals surface area contributed by atoms with E-state index in [-0.39, 0.29) is 11.5 Å². The van der Waals surface area contributed by atoms with Crippen LogP contribution in [0.3, 0.4) is 0 Å². The van der Waals surface area contributed by atoms with Crippen LogP contribution in [0.4, 0.5) is 0 Å². The Morgan fingerprint density at radius 3 is 2.68 bits per heavy atom. The van der Waals surface area contributed by atoms with E-state index in [1.807, 2.05) is 12.3 Å². The standard InChI is InChI=1S/C23H31N3O2/c1-23(2)15-19(10-13-28-23)22(27)26-11-8-18(9-12-26)21-20(16-24-25-21)14-17-6-4-3-5-7-17/h3-7,16,18-19H,8-15H2,1-2H3,(H,24,25). The number of carbonyl (C=O) groups excluding carboxylic acids is 1. The lowest BCUT2D eigenvalue weighted by Crippen LogP contribution is -2.46. The zero-order valence-corrected chi connectivity index (χ0v) is 17.0. The van der Waals surface area contributed by atoms with E-state index in [1.54, 1.807) is 0 Å². The van der Waals surface area contributed by atoms with E-state index in [0.29, 0.717) is 18.4 Å². The third-order valence-electron chi connectivity index (χ3n) is 6.25. The Labute approximate surface area is 167 Å². The fraction of sp³-hybridized carbons (Fsp3) is 0.565. The van der Waals surface area contributed by atoms with Crippen LogP contribution in [0.1, 0.15) is 62.3 Å². The van der Waals surface area contributed by atoms with Gasteiger partial charge in [-0.25, -0.2) is 0 Å². The van der Waals surface area contributed by atoms with Crippen LogP contribution in [-0.4, -0.2) is 46.3 Å². The summed E-state index contributed by atoms with van der Waals surface area (Å²) in [5.74, 6) is 0.890. The highest BCUT2D eigenvalue weighted by atomic mass is 16.5. The van der Waals surface area contributed by atoms with E-state index < -0.39 is 0 Å². The molecule has 2 aromatic rings. The Balaban J connectivity index is 1.36. The molecule has 1 unspecified atom stereocenters. The Kier molecular flexibility index (Phi) is 5.54. The van der Waals surface area contributed by atoms with Gasteiger partial charge in [0.1, 0.15) is 0 Å². The molecule has 1 N–H and O–H groups in total. The van der Waals surface area contributed by atoms with Crippen LogP contribution in [0, 0.1) is 5.92 Å². The lowest BCUT2D eigenvalue weighted by atomic mass is 9.85. The fourth-order valence-electron chi connectivity index (χ4n) is 4.72. The smallest absolute Gasteiger partial charge is 0.225 e. The molecule has 0 aliphatic carbocycles. The topological polar surface area (TPSA) is 58.2 Å². The zero-order valence-electron chi connectivity index (χ0n) is 17.0. The SMILES string of the molecule is CC1(C)CC(C(=O)N2CCC(c3[nH]ncc3Cc3ccccc3)CC2)CCO1. The summed E-state index contributed by atoms with van der Waals surface area (Å²) in [4.78, 5) is 15.1. The number of aromatic amines is 1. The minimum atomic E-state index is -0.181. The molecule has 1 aromatic heterocycles. The predicted molar refractivity (Wildman–Crippen MR) is 109 cm³/mol. The summed E-state index contributed by atoms with van der Waals surface area (Å²) in [5.41, 5.74) is 3.66. The van der Waals surface area contributed by atoms with Crippen LogP contribution in [-0.2, 0) is 16.0 Å². The van der Waals surface area contributed by atoms with Gasteiger partial charge in [0.25, 0.3) is 0 Å². The number of nitrogens with zero attached hydrogens (tertiary/aromatic N) is 2. The first-order valence-corrected chi connectivity index (χ1v) is 10.5. The summed E-state index contributed by atoms with van der Waals surface area (Å²) in [7, 11) is 0. The van der Waals surface area contributed by atoms with Gasteiger partial charge in [-0.1, -0.05) is 30.3 Å². The number of hydrogen-bond acceptors (Lipinski definition) is 3. The average molecular weight is 382 g/mol. The molecule has 0 radical (unpaired) electrons. The van der Waals surface area contributed by atoms with Crippen LogP contribution in [0.5, 0.6) is 0 Å². The number of piperidine rings is 1. The number of nitrogens with one attached hydrogen (secondary N) is 1. The lowest BCUT2D eigenvalue weighted by Gasteiger charge is -2.39. The van der Waals surface area contributed by atoms with Gasteiger partial charge >= 0.3 is 0 Å². The molecule has 5 nitrogen and oxygen atoms in total. The van der Waals surface area contributed by atoms with E-state index in [1.165, 1.54) is 16.8 Å². The first kappa shape index (κ1) is 19.2. The predicted octanol–water partition coefficient (Wildman–Crippen LogP) is 3.91. The zero-order chi connectivity index (χ0) is 19.6. The molecule has 1 atom stereocenters.